The molecule has 2 amide bonds. The number of hydrogen-bond donors (Lipinski definition) is 2. The fourth-order valence-corrected chi connectivity index (χ4v) is 2.19. The minimum absolute atomic E-state index is 0.127. The third-order valence-corrected chi connectivity index (χ3v) is 3.37. The molecule has 0 saturated carbocycles. The van der Waals surface area contributed by atoms with Gasteiger partial charge in [0.05, 0.1) is 21.2 Å². The third-order valence-electron chi connectivity index (χ3n) is 2.72. The van der Waals surface area contributed by atoms with Gasteiger partial charge in [0.15, 0.2) is 0 Å². The molecule has 1 aromatic heterocycles. The van der Waals surface area contributed by atoms with E-state index in [9.17, 15) is 9.59 Å². The molecule has 3 N–H and O–H groups in total. The van der Waals surface area contributed by atoms with Gasteiger partial charge in [-0.15, -0.1) is 0 Å². The van der Waals surface area contributed by atoms with Crippen molar-refractivity contribution in [2.24, 2.45) is 5.73 Å². The normalized spacial score (nSPS) is 10.2. The van der Waals surface area contributed by atoms with Gasteiger partial charge in [-0.1, -0.05) is 23.2 Å². The van der Waals surface area contributed by atoms with Gasteiger partial charge in [-0.25, -0.2) is 0 Å². The van der Waals surface area contributed by atoms with Crippen LogP contribution in [0, 0.1) is 6.92 Å². The minimum Gasteiger partial charge on any atom is -0.366 e. The molecule has 0 aliphatic carbocycles. The Balaban J connectivity index is 2.27. The first-order valence-electron chi connectivity index (χ1n) is 5.91. The summed E-state index contributed by atoms with van der Waals surface area (Å²) < 4.78 is 0. The van der Waals surface area contributed by atoms with Crippen molar-refractivity contribution in [1.82, 2.24) is 4.98 Å². The molecule has 0 saturated heterocycles. The highest BCUT2D eigenvalue weighted by Gasteiger charge is 2.13. The minimum atomic E-state index is -0.675. The van der Waals surface area contributed by atoms with Crippen LogP contribution in [0.2, 0.25) is 10.0 Å². The quantitative estimate of drug-likeness (QED) is 0.910. The molecule has 1 aromatic carbocycles. The number of carbonyl (C=O) groups is 2. The summed E-state index contributed by atoms with van der Waals surface area (Å²) in [5, 5.41) is 3.12. The van der Waals surface area contributed by atoms with Crippen molar-refractivity contribution >= 4 is 40.7 Å². The highest BCUT2D eigenvalue weighted by Crippen LogP contribution is 2.22. The number of benzene rings is 1. The van der Waals surface area contributed by atoms with E-state index in [0.717, 1.165) is 0 Å². The Hall–Kier alpha value is -2.11. The number of hydrogen-bond acceptors (Lipinski definition) is 3. The number of amides is 2. The van der Waals surface area contributed by atoms with Crippen LogP contribution in [0.25, 0.3) is 0 Å². The van der Waals surface area contributed by atoms with Gasteiger partial charge in [0.25, 0.3) is 5.91 Å². The first-order valence-corrected chi connectivity index (χ1v) is 6.67. The summed E-state index contributed by atoms with van der Waals surface area (Å²) >= 11 is 11.8. The maximum absolute atomic E-state index is 12.1. The largest absolute Gasteiger partial charge is 0.366 e. The zero-order valence-electron chi connectivity index (χ0n) is 11.0. The van der Waals surface area contributed by atoms with Gasteiger partial charge in [0, 0.05) is 17.6 Å². The number of nitrogens with zero attached hydrogens (tertiary/aromatic N) is 1. The van der Waals surface area contributed by atoms with Crippen molar-refractivity contribution in [3.63, 3.8) is 0 Å². The molecular formula is C14H11Cl2N3O2. The number of pyridine rings is 1. The Bertz CT molecular complexity index is 732. The van der Waals surface area contributed by atoms with E-state index in [-0.39, 0.29) is 16.1 Å². The first-order chi connectivity index (χ1) is 9.88. The average Bonchev–Trinajstić information content (AvgIpc) is 2.40. The maximum Gasteiger partial charge on any atom is 0.258 e. The van der Waals surface area contributed by atoms with E-state index >= 15 is 0 Å². The smallest absolute Gasteiger partial charge is 0.258 e. The van der Waals surface area contributed by atoms with Crippen molar-refractivity contribution < 1.29 is 9.59 Å². The van der Waals surface area contributed by atoms with E-state index < -0.39 is 11.8 Å². The number of aryl methyl sites for hydroxylation is 1. The lowest BCUT2D eigenvalue weighted by molar-refractivity contribution is 0.0996. The lowest BCUT2D eigenvalue weighted by Crippen LogP contribution is -2.15. The highest BCUT2D eigenvalue weighted by atomic mass is 35.5. The van der Waals surface area contributed by atoms with Crippen molar-refractivity contribution in [1.29, 1.82) is 0 Å². The summed E-state index contributed by atoms with van der Waals surface area (Å²) in [5.41, 5.74) is 6.65. The van der Waals surface area contributed by atoms with Crippen molar-refractivity contribution in [3.8, 4) is 0 Å². The monoisotopic (exact) mass is 323 g/mol. The second kappa shape index (κ2) is 6.11. The molecule has 108 valence electrons. The van der Waals surface area contributed by atoms with Crippen LogP contribution in [0.5, 0.6) is 0 Å². The van der Waals surface area contributed by atoms with Gasteiger partial charge < -0.3 is 11.1 Å². The zero-order chi connectivity index (χ0) is 15.6. The van der Waals surface area contributed by atoms with Crippen LogP contribution in [-0.2, 0) is 0 Å². The molecule has 2 aromatic rings. The Morgan fingerprint density at radius 2 is 1.86 bits per heavy atom. The van der Waals surface area contributed by atoms with Crippen LogP contribution in [0.15, 0.2) is 30.5 Å². The number of carbonyl (C=O) groups excluding carboxylic acids is 2. The van der Waals surface area contributed by atoms with E-state index in [4.69, 9.17) is 28.9 Å². The molecule has 0 atom stereocenters. The molecule has 0 radical (unpaired) electrons. The number of nitrogens with one attached hydrogen (secondary N) is 1. The molecule has 1 heterocycles. The summed E-state index contributed by atoms with van der Waals surface area (Å²) in [4.78, 5) is 27.4. The van der Waals surface area contributed by atoms with Gasteiger partial charge in [-0.2, -0.15) is 0 Å². The Morgan fingerprint density at radius 1 is 1.14 bits per heavy atom. The molecule has 5 nitrogen and oxygen atoms in total. The van der Waals surface area contributed by atoms with Crippen LogP contribution >= 0.6 is 23.2 Å². The predicted molar refractivity (Wildman–Crippen MR) is 81.9 cm³/mol. The molecule has 0 unspecified atom stereocenters. The number of aromatic nitrogens is 1. The van der Waals surface area contributed by atoms with Gasteiger partial charge in [0.1, 0.15) is 0 Å². The Labute approximate surface area is 131 Å². The van der Waals surface area contributed by atoms with Gasteiger partial charge >= 0.3 is 0 Å². The highest BCUT2D eigenvalue weighted by molar-refractivity contribution is 6.35. The number of rotatable bonds is 3. The summed E-state index contributed by atoms with van der Waals surface area (Å²) in [5.74, 6) is -1.11. The second-order valence-corrected chi connectivity index (χ2v) is 5.13. The van der Waals surface area contributed by atoms with E-state index in [1.165, 1.54) is 18.3 Å². The molecule has 0 aliphatic rings. The number of halogens is 2. The molecule has 0 fully saturated rings. The van der Waals surface area contributed by atoms with Crippen LogP contribution in [0.1, 0.15) is 26.4 Å². The first kappa shape index (κ1) is 15.3. The standard InChI is InChI=1S/C14H11Cl2N3O2/c1-7-4-12(16)10(6-18-7)14(21)19-8-2-3-11(15)9(5-8)13(17)20/h2-6H,1H3,(H2,17,20)(H,19,21). The number of anilines is 1. The lowest BCUT2D eigenvalue weighted by Gasteiger charge is -2.08. The Kier molecular flexibility index (Phi) is 4.45. The van der Waals surface area contributed by atoms with Crippen LogP contribution in [0.4, 0.5) is 5.69 Å². The molecule has 0 bridgehead atoms. The second-order valence-electron chi connectivity index (χ2n) is 4.32. The fourth-order valence-electron chi connectivity index (χ4n) is 1.68. The number of nitrogens with two attached hydrogens (primary N) is 1. The Morgan fingerprint density at radius 3 is 2.48 bits per heavy atom. The molecule has 7 heteroatoms. The van der Waals surface area contributed by atoms with E-state index in [0.29, 0.717) is 16.4 Å². The summed E-state index contributed by atoms with van der Waals surface area (Å²) in [6.07, 6.45) is 1.39. The van der Waals surface area contributed by atoms with Crippen LogP contribution in [0.3, 0.4) is 0 Å². The van der Waals surface area contributed by atoms with E-state index in [1.807, 2.05) is 0 Å². The summed E-state index contributed by atoms with van der Waals surface area (Å²) in [7, 11) is 0. The van der Waals surface area contributed by atoms with Crippen LogP contribution in [-0.4, -0.2) is 16.8 Å². The van der Waals surface area contributed by atoms with Gasteiger partial charge in [0.2, 0.25) is 5.91 Å². The number of primary amides is 1. The van der Waals surface area contributed by atoms with E-state index in [1.54, 1.807) is 19.1 Å². The van der Waals surface area contributed by atoms with Crippen molar-refractivity contribution in [2.75, 3.05) is 5.32 Å². The summed E-state index contributed by atoms with van der Waals surface area (Å²) in [6, 6.07) is 6.03. The maximum atomic E-state index is 12.1. The van der Waals surface area contributed by atoms with Crippen molar-refractivity contribution in [3.05, 3.63) is 57.3 Å². The summed E-state index contributed by atoms with van der Waals surface area (Å²) in [6.45, 7) is 1.77. The third kappa shape index (κ3) is 3.51. The van der Waals surface area contributed by atoms with Crippen LogP contribution < -0.4 is 11.1 Å². The fraction of sp³-hybridized carbons (Fsp3) is 0.0714. The average molecular weight is 324 g/mol. The molecular weight excluding hydrogens is 313 g/mol. The van der Waals surface area contributed by atoms with Crippen molar-refractivity contribution in [2.45, 2.75) is 6.92 Å². The molecule has 0 spiro atoms. The molecule has 2 rings (SSSR count). The van der Waals surface area contributed by atoms with E-state index in [2.05, 4.69) is 10.3 Å². The lowest BCUT2D eigenvalue weighted by atomic mass is 10.1. The SMILES string of the molecule is Cc1cc(Cl)c(C(=O)Nc2ccc(Cl)c(C(N)=O)c2)cn1. The van der Waals surface area contributed by atoms with Gasteiger partial charge in [-0.3, -0.25) is 14.6 Å². The topological polar surface area (TPSA) is 85.1 Å². The zero-order valence-corrected chi connectivity index (χ0v) is 12.5. The molecule has 0 aliphatic heterocycles. The predicted octanol–water partition coefficient (Wildman–Crippen LogP) is 3.05. The molecule has 21 heavy (non-hydrogen) atoms. The van der Waals surface area contributed by atoms with Gasteiger partial charge in [-0.05, 0) is 31.2 Å².